The van der Waals surface area contributed by atoms with E-state index < -0.39 is 23.6 Å². The Labute approximate surface area is 119 Å². The third kappa shape index (κ3) is 4.97. The monoisotopic (exact) mass is 304 g/mol. The first kappa shape index (κ1) is 16.8. The van der Waals surface area contributed by atoms with Crippen LogP contribution in [0.5, 0.6) is 0 Å². The lowest BCUT2D eigenvalue weighted by atomic mass is 9.86. The van der Waals surface area contributed by atoms with Gasteiger partial charge in [0.15, 0.2) is 0 Å². The summed E-state index contributed by atoms with van der Waals surface area (Å²) in [5, 5.41) is 12.4. The number of amides is 2. The molecular formula is C13H15F3N2O3. The highest BCUT2D eigenvalue weighted by Crippen LogP contribution is 2.29. The van der Waals surface area contributed by atoms with E-state index in [9.17, 15) is 22.8 Å². The standard InChI is InChI=1S/C13H15F3N2O3/c1-12(2,3)7-4-8(17-10(19)13(14,15)16)6-9(5-7)18-11(20)21/h4-6,18H,1-3H3,(H,17,19)(H,20,21). The summed E-state index contributed by atoms with van der Waals surface area (Å²) in [7, 11) is 0. The van der Waals surface area contributed by atoms with E-state index in [-0.39, 0.29) is 11.4 Å². The van der Waals surface area contributed by atoms with E-state index in [2.05, 4.69) is 5.32 Å². The minimum atomic E-state index is -5.02. The molecule has 1 aromatic rings. The number of anilines is 2. The zero-order chi connectivity index (χ0) is 16.4. The Morgan fingerprint density at radius 2 is 1.48 bits per heavy atom. The van der Waals surface area contributed by atoms with E-state index >= 15 is 0 Å². The van der Waals surface area contributed by atoms with Gasteiger partial charge >= 0.3 is 18.2 Å². The number of carbonyl (C=O) groups excluding carboxylic acids is 1. The molecule has 0 saturated carbocycles. The number of nitrogens with one attached hydrogen (secondary N) is 2. The molecule has 0 fully saturated rings. The third-order valence-electron chi connectivity index (χ3n) is 2.57. The largest absolute Gasteiger partial charge is 0.471 e. The maximum absolute atomic E-state index is 12.3. The summed E-state index contributed by atoms with van der Waals surface area (Å²) in [5.74, 6) is -2.12. The van der Waals surface area contributed by atoms with Crippen LogP contribution in [0.15, 0.2) is 18.2 Å². The number of hydrogen-bond acceptors (Lipinski definition) is 2. The van der Waals surface area contributed by atoms with Gasteiger partial charge in [0.1, 0.15) is 0 Å². The molecule has 0 atom stereocenters. The van der Waals surface area contributed by atoms with Crippen molar-refractivity contribution in [1.82, 2.24) is 0 Å². The second-order valence-corrected chi connectivity index (χ2v) is 5.43. The zero-order valence-corrected chi connectivity index (χ0v) is 11.6. The zero-order valence-electron chi connectivity index (χ0n) is 11.6. The topological polar surface area (TPSA) is 78.4 Å². The summed E-state index contributed by atoms with van der Waals surface area (Å²) in [5.41, 5.74) is 0.0839. The molecule has 0 unspecified atom stereocenters. The lowest BCUT2D eigenvalue weighted by Gasteiger charge is -2.21. The van der Waals surface area contributed by atoms with Gasteiger partial charge in [-0.3, -0.25) is 10.1 Å². The lowest BCUT2D eigenvalue weighted by Crippen LogP contribution is -2.30. The number of alkyl halides is 3. The third-order valence-corrected chi connectivity index (χ3v) is 2.57. The predicted molar refractivity (Wildman–Crippen MR) is 71.5 cm³/mol. The summed E-state index contributed by atoms with van der Waals surface area (Å²) in [6.07, 6.45) is -6.37. The van der Waals surface area contributed by atoms with E-state index in [1.807, 2.05) is 20.8 Å². The van der Waals surface area contributed by atoms with Crippen LogP contribution in [0, 0.1) is 0 Å². The summed E-state index contributed by atoms with van der Waals surface area (Å²) in [6, 6.07) is 3.99. The molecule has 3 N–H and O–H groups in total. The molecule has 0 radical (unpaired) electrons. The van der Waals surface area contributed by atoms with Gasteiger partial charge in [-0.1, -0.05) is 20.8 Å². The van der Waals surface area contributed by atoms with Crippen LogP contribution in [-0.2, 0) is 10.2 Å². The van der Waals surface area contributed by atoms with Gasteiger partial charge in [0.05, 0.1) is 0 Å². The maximum atomic E-state index is 12.3. The van der Waals surface area contributed by atoms with Crippen LogP contribution in [0.3, 0.4) is 0 Å². The van der Waals surface area contributed by atoms with Crippen molar-refractivity contribution in [1.29, 1.82) is 0 Å². The Balaban J connectivity index is 3.19. The highest BCUT2D eigenvalue weighted by atomic mass is 19.4. The molecule has 0 saturated heterocycles. The van der Waals surface area contributed by atoms with Crippen molar-refractivity contribution in [3.05, 3.63) is 23.8 Å². The van der Waals surface area contributed by atoms with Gasteiger partial charge < -0.3 is 10.4 Å². The second kappa shape index (κ2) is 5.63. The van der Waals surface area contributed by atoms with Crippen molar-refractivity contribution in [3.63, 3.8) is 0 Å². The predicted octanol–water partition coefficient (Wildman–Crippen LogP) is 3.57. The molecule has 21 heavy (non-hydrogen) atoms. The van der Waals surface area contributed by atoms with Gasteiger partial charge in [-0.25, -0.2) is 4.79 Å². The fourth-order valence-corrected chi connectivity index (χ4v) is 1.53. The molecule has 8 heteroatoms. The van der Waals surface area contributed by atoms with Crippen molar-refractivity contribution in [2.24, 2.45) is 0 Å². The van der Waals surface area contributed by atoms with E-state index in [0.717, 1.165) is 6.07 Å². The highest BCUT2D eigenvalue weighted by Gasteiger charge is 2.38. The van der Waals surface area contributed by atoms with Gasteiger partial charge in [-0.15, -0.1) is 0 Å². The molecule has 0 aliphatic heterocycles. The molecule has 5 nitrogen and oxygen atoms in total. The quantitative estimate of drug-likeness (QED) is 0.781. The molecule has 116 valence electrons. The van der Waals surface area contributed by atoms with Crippen LogP contribution < -0.4 is 10.6 Å². The minimum Gasteiger partial charge on any atom is -0.465 e. The van der Waals surface area contributed by atoms with Gasteiger partial charge in [0.2, 0.25) is 0 Å². The molecule has 2 amide bonds. The average molecular weight is 304 g/mol. The number of hydrogen-bond donors (Lipinski definition) is 3. The number of benzene rings is 1. The summed E-state index contributed by atoms with van der Waals surface area (Å²) < 4.78 is 36.8. The van der Waals surface area contributed by atoms with Crippen LogP contribution in [0.2, 0.25) is 0 Å². The first-order valence-electron chi connectivity index (χ1n) is 5.93. The molecular weight excluding hydrogens is 289 g/mol. The minimum absolute atomic E-state index is 0.0763. The molecule has 0 spiro atoms. The first-order valence-corrected chi connectivity index (χ1v) is 5.93. The molecule has 0 bridgehead atoms. The Bertz CT molecular complexity index is 563. The average Bonchev–Trinajstić information content (AvgIpc) is 2.24. The SMILES string of the molecule is CC(C)(C)c1cc(NC(=O)O)cc(NC(=O)C(F)(F)F)c1. The fraction of sp³-hybridized carbons (Fsp3) is 0.385. The van der Waals surface area contributed by atoms with Crippen molar-refractivity contribution in [2.45, 2.75) is 32.4 Å². The number of rotatable bonds is 2. The van der Waals surface area contributed by atoms with Crippen LogP contribution in [0.1, 0.15) is 26.3 Å². The van der Waals surface area contributed by atoms with E-state index in [0.29, 0.717) is 5.56 Å². The Morgan fingerprint density at radius 1 is 1.00 bits per heavy atom. The molecule has 1 rings (SSSR count). The van der Waals surface area contributed by atoms with E-state index in [4.69, 9.17) is 5.11 Å². The summed E-state index contributed by atoms with van der Waals surface area (Å²) in [4.78, 5) is 21.6. The lowest BCUT2D eigenvalue weighted by molar-refractivity contribution is -0.167. The van der Waals surface area contributed by atoms with Crippen molar-refractivity contribution in [3.8, 4) is 0 Å². The first-order chi connectivity index (χ1) is 9.39. The van der Waals surface area contributed by atoms with Crippen LogP contribution in [0.4, 0.5) is 29.3 Å². The fourth-order valence-electron chi connectivity index (χ4n) is 1.53. The van der Waals surface area contributed by atoms with E-state index in [1.54, 1.807) is 5.32 Å². The Kier molecular flexibility index (Phi) is 4.50. The van der Waals surface area contributed by atoms with Crippen LogP contribution in [-0.4, -0.2) is 23.3 Å². The summed E-state index contributed by atoms with van der Waals surface area (Å²) in [6.45, 7) is 5.42. The second-order valence-electron chi connectivity index (χ2n) is 5.43. The van der Waals surface area contributed by atoms with Gasteiger partial charge in [-0.05, 0) is 29.2 Å². The van der Waals surface area contributed by atoms with Gasteiger partial charge in [0.25, 0.3) is 0 Å². The Hall–Kier alpha value is -2.25. The van der Waals surface area contributed by atoms with Gasteiger partial charge in [0, 0.05) is 11.4 Å². The van der Waals surface area contributed by atoms with Crippen molar-refractivity contribution >= 4 is 23.4 Å². The van der Waals surface area contributed by atoms with Crippen LogP contribution in [0.25, 0.3) is 0 Å². The molecule has 0 heterocycles. The molecule has 0 aromatic heterocycles. The normalized spacial score (nSPS) is 11.9. The molecule has 0 aliphatic carbocycles. The van der Waals surface area contributed by atoms with Crippen molar-refractivity contribution in [2.75, 3.05) is 10.6 Å². The summed E-state index contributed by atoms with van der Waals surface area (Å²) >= 11 is 0. The van der Waals surface area contributed by atoms with E-state index in [1.165, 1.54) is 12.1 Å². The van der Waals surface area contributed by atoms with Crippen LogP contribution >= 0.6 is 0 Å². The van der Waals surface area contributed by atoms with Crippen molar-refractivity contribution < 1.29 is 27.9 Å². The Morgan fingerprint density at radius 3 is 1.86 bits per heavy atom. The van der Waals surface area contributed by atoms with Gasteiger partial charge in [-0.2, -0.15) is 13.2 Å². The number of carboxylic acid groups (broad SMARTS) is 1. The maximum Gasteiger partial charge on any atom is 0.471 e. The molecule has 0 aliphatic rings. The smallest absolute Gasteiger partial charge is 0.465 e. The number of carbonyl (C=O) groups is 2. The molecule has 1 aromatic carbocycles. The highest BCUT2D eigenvalue weighted by molar-refractivity contribution is 5.96. The number of halogens is 3.